The Labute approximate surface area is 147 Å². The first kappa shape index (κ1) is 19.1. The Balaban J connectivity index is 1.90. The van der Waals surface area contributed by atoms with Gasteiger partial charge in [0.1, 0.15) is 5.82 Å². The molecule has 0 aliphatic carbocycles. The number of amides is 1. The Morgan fingerprint density at radius 3 is 2.36 bits per heavy atom. The lowest BCUT2D eigenvalue weighted by Gasteiger charge is -2.19. The van der Waals surface area contributed by atoms with Gasteiger partial charge in [0.25, 0.3) is 0 Å². The molecule has 1 amide bonds. The van der Waals surface area contributed by atoms with Gasteiger partial charge in [-0.15, -0.1) is 0 Å². The third-order valence-corrected chi connectivity index (χ3v) is 4.86. The van der Waals surface area contributed by atoms with Crippen molar-refractivity contribution in [1.82, 2.24) is 9.62 Å². The predicted molar refractivity (Wildman–Crippen MR) is 94.8 cm³/mol. The summed E-state index contributed by atoms with van der Waals surface area (Å²) in [6, 6.07) is 15.4. The summed E-state index contributed by atoms with van der Waals surface area (Å²) in [7, 11) is -3.53. The molecule has 0 fully saturated rings. The molecule has 0 saturated carbocycles. The molecule has 0 spiro atoms. The molecular formula is C18H21FN2O3S. The third kappa shape index (κ3) is 6.28. The molecule has 0 heterocycles. The van der Waals surface area contributed by atoms with Gasteiger partial charge in [0.05, 0.1) is 12.8 Å². The van der Waals surface area contributed by atoms with Gasteiger partial charge >= 0.3 is 0 Å². The first-order chi connectivity index (χ1) is 11.9. The molecule has 0 unspecified atom stereocenters. The molecule has 0 atom stereocenters. The van der Waals surface area contributed by atoms with Crippen molar-refractivity contribution in [2.24, 2.45) is 0 Å². The van der Waals surface area contributed by atoms with E-state index in [1.165, 1.54) is 6.07 Å². The summed E-state index contributed by atoms with van der Waals surface area (Å²) in [6.07, 6.45) is 1.42. The van der Waals surface area contributed by atoms with Gasteiger partial charge in [0, 0.05) is 13.1 Å². The van der Waals surface area contributed by atoms with E-state index in [-0.39, 0.29) is 25.5 Å². The molecule has 25 heavy (non-hydrogen) atoms. The number of hydrogen-bond acceptors (Lipinski definition) is 3. The van der Waals surface area contributed by atoms with Crippen LogP contribution in [-0.4, -0.2) is 38.0 Å². The monoisotopic (exact) mass is 364 g/mol. The molecule has 0 radical (unpaired) electrons. The van der Waals surface area contributed by atoms with Gasteiger partial charge in [-0.2, -0.15) is 4.31 Å². The van der Waals surface area contributed by atoms with Crippen LogP contribution in [-0.2, 0) is 27.8 Å². The van der Waals surface area contributed by atoms with E-state index in [4.69, 9.17) is 0 Å². The van der Waals surface area contributed by atoms with Crippen LogP contribution >= 0.6 is 0 Å². The van der Waals surface area contributed by atoms with Crippen LogP contribution in [0.25, 0.3) is 0 Å². The van der Waals surface area contributed by atoms with Gasteiger partial charge < -0.3 is 5.32 Å². The SMILES string of the molecule is CS(=O)(=O)N(CC(=O)NCCc1ccccc1F)Cc1ccccc1. The molecule has 0 aliphatic heterocycles. The van der Waals surface area contributed by atoms with Crippen LogP contribution in [0.2, 0.25) is 0 Å². The minimum absolute atomic E-state index is 0.125. The molecular weight excluding hydrogens is 343 g/mol. The fourth-order valence-electron chi connectivity index (χ4n) is 2.33. The largest absolute Gasteiger partial charge is 0.355 e. The van der Waals surface area contributed by atoms with Crippen LogP contribution in [0.1, 0.15) is 11.1 Å². The Morgan fingerprint density at radius 2 is 1.72 bits per heavy atom. The predicted octanol–water partition coefficient (Wildman–Crippen LogP) is 1.95. The number of hydrogen-bond donors (Lipinski definition) is 1. The van der Waals surface area contributed by atoms with Crippen molar-refractivity contribution in [3.63, 3.8) is 0 Å². The van der Waals surface area contributed by atoms with Gasteiger partial charge in [-0.3, -0.25) is 4.79 Å². The number of benzene rings is 2. The normalized spacial score (nSPS) is 11.5. The molecule has 2 aromatic rings. The van der Waals surface area contributed by atoms with Gasteiger partial charge in [-0.1, -0.05) is 48.5 Å². The van der Waals surface area contributed by atoms with Crippen LogP contribution in [0, 0.1) is 5.82 Å². The van der Waals surface area contributed by atoms with Gasteiger partial charge in [0.15, 0.2) is 0 Å². The number of rotatable bonds is 8. The van der Waals surface area contributed by atoms with Gasteiger partial charge in [0.2, 0.25) is 15.9 Å². The van der Waals surface area contributed by atoms with Crippen molar-refractivity contribution in [3.05, 3.63) is 71.5 Å². The van der Waals surface area contributed by atoms with Crippen molar-refractivity contribution in [2.45, 2.75) is 13.0 Å². The maximum atomic E-state index is 13.5. The fraction of sp³-hybridized carbons (Fsp3) is 0.278. The first-order valence-electron chi connectivity index (χ1n) is 7.85. The zero-order valence-corrected chi connectivity index (χ0v) is 14.8. The maximum Gasteiger partial charge on any atom is 0.235 e. The van der Waals surface area contributed by atoms with Crippen molar-refractivity contribution in [3.8, 4) is 0 Å². The molecule has 2 aromatic carbocycles. The number of nitrogens with zero attached hydrogens (tertiary/aromatic N) is 1. The van der Waals surface area contributed by atoms with Gasteiger partial charge in [-0.05, 0) is 23.6 Å². The zero-order valence-electron chi connectivity index (χ0n) is 14.0. The molecule has 0 bridgehead atoms. The average Bonchev–Trinajstić information content (AvgIpc) is 2.56. The standard InChI is InChI=1S/C18H21FN2O3S/c1-25(23,24)21(13-15-7-3-2-4-8-15)14-18(22)20-12-11-16-9-5-6-10-17(16)19/h2-10H,11-14H2,1H3,(H,20,22). The molecule has 0 saturated heterocycles. The first-order valence-corrected chi connectivity index (χ1v) is 9.70. The molecule has 2 rings (SSSR count). The van der Waals surface area contributed by atoms with E-state index in [0.717, 1.165) is 16.1 Å². The number of carbonyl (C=O) groups excluding carboxylic acids is 1. The molecule has 134 valence electrons. The summed E-state index contributed by atoms with van der Waals surface area (Å²) >= 11 is 0. The molecule has 0 aliphatic rings. The second-order valence-corrected chi connectivity index (χ2v) is 7.69. The highest BCUT2D eigenvalue weighted by Crippen LogP contribution is 2.08. The Hall–Kier alpha value is -2.25. The number of halogens is 1. The molecule has 7 heteroatoms. The van der Waals surface area contributed by atoms with Crippen molar-refractivity contribution >= 4 is 15.9 Å². The van der Waals surface area contributed by atoms with E-state index in [9.17, 15) is 17.6 Å². The van der Waals surface area contributed by atoms with Crippen LogP contribution in [0.5, 0.6) is 0 Å². The highest BCUT2D eigenvalue weighted by Gasteiger charge is 2.20. The highest BCUT2D eigenvalue weighted by molar-refractivity contribution is 7.88. The van der Waals surface area contributed by atoms with Crippen LogP contribution in [0.15, 0.2) is 54.6 Å². The summed E-state index contributed by atoms with van der Waals surface area (Å²) in [4.78, 5) is 12.1. The Kier molecular flexibility index (Phi) is 6.66. The van der Waals surface area contributed by atoms with E-state index in [2.05, 4.69) is 5.32 Å². The summed E-state index contributed by atoms with van der Waals surface area (Å²) in [5, 5.41) is 2.64. The van der Waals surface area contributed by atoms with Crippen LogP contribution in [0.3, 0.4) is 0 Å². The number of carbonyl (C=O) groups is 1. The Bertz CT molecular complexity index is 810. The van der Waals surface area contributed by atoms with Crippen molar-refractivity contribution < 1.29 is 17.6 Å². The maximum absolute atomic E-state index is 13.5. The van der Waals surface area contributed by atoms with E-state index in [1.807, 2.05) is 18.2 Å². The van der Waals surface area contributed by atoms with Gasteiger partial charge in [-0.25, -0.2) is 12.8 Å². The van der Waals surface area contributed by atoms with E-state index < -0.39 is 15.9 Å². The minimum Gasteiger partial charge on any atom is -0.355 e. The van der Waals surface area contributed by atoms with E-state index in [0.29, 0.717) is 12.0 Å². The lowest BCUT2D eigenvalue weighted by Crippen LogP contribution is -2.40. The topological polar surface area (TPSA) is 66.5 Å². The number of sulfonamides is 1. The number of nitrogens with one attached hydrogen (secondary N) is 1. The summed E-state index contributed by atoms with van der Waals surface area (Å²) in [5.74, 6) is -0.740. The van der Waals surface area contributed by atoms with Crippen molar-refractivity contribution in [2.75, 3.05) is 19.3 Å². The van der Waals surface area contributed by atoms with Crippen LogP contribution in [0.4, 0.5) is 4.39 Å². The van der Waals surface area contributed by atoms with Crippen molar-refractivity contribution in [1.29, 1.82) is 0 Å². The van der Waals surface area contributed by atoms with Crippen LogP contribution < -0.4 is 5.32 Å². The van der Waals surface area contributed by atoms with E-state index >= 15 is 0 Å². The fourth-order valence-corrected chi connectivity index (χ4v) is 3.07. The lowest BCUT2D eigenvalue weighted by atomic mass is 10.1. The molecule has 5 nitrogen and oxygen atoms in total. The third-order valence-electron chi connectivity index (χ3n) is 3.67. The quantitative estimate of drug-likeness (QED) is 0.779. The zero-order chi connectivity index (χ0) is 18.3. The van der Waals surface area contributed by atoms with E-state index in [1.54, 1.807) is 30.3 Å². The summed E-state index contributed by atoms with van der Waals surface area (Å²) in [6.45, 7) is 0.0914. The molecule has 1 N–H and O–H groups in total. The second-order valence-electron chi connectivity index (χ2n) is 5.71. The molecule has 0 aromatic heterocycles. The lowest BCUT2D eigenvalue weighted by molar-refractivity contribution is -0.121. The summed E-state index contributed by atoms with van der Waals surface area (Å²) < 4.78 is 38.4. The average molecular weight is 364 g/mol. The Morgan fingerprint density at radius 1 is 1.08 bits per heavy atom. The second kappa shape index (κ2) is 8.73. The smallest absolute Gasteiger partial charge is 0.235 e. The minimum atomic E-state index is -3.53. The summed E-state index contributed by atoms with van der Waals surface area (Å²) in [5.41, 5.74) is 1.30. The highest BCUT2D eigenvalue weighted by atomic mass is 32.2.